The maximum atomic E-state index is 9.93. The summed E-state index contributed by atoms with van der Waals surface area (Å²) >= 11 is 0. The van der Waals surface area contributed by atoms with E-state index in [1.54, 1.807) is 6.92 Å². The summed E-state index contributed by atoms with van der Waals surface area (Å²) in [6, 6.07) is 22.8. The zero-order chi connectivity index (χ0) is 18.8. The van der Waals surface area contributed by atoms with Crippen LogP contribution in [0.5, 0.6) is 0 Å². The zero-order valence-corrected chi connectivity index (χ0v) is 14.2. The fourth-order valence-corrected chi connectivity index (χ4v) is 3.48. The van der Waals surface area contributed by atoms with Crippen LogP contribution < -0.4 is 0 Å². The number of allylic oxidation sites excluding steroid dienone is 3. The predicted octanol–water partition coefficient (Wildman–Crippen LogP) is 4.27. The van der Waals surface area contributed by atoms with Gasteiger partial charge in [0.15, 0.2) is 5.41 Å². The van der Waals surface area contributed by atoms with Crippen LogP contribution in [0.25, 0.3) is 5.57 Å². The molecule has 2 aromatic rings. The van der Waals surface area contributed by atoms with E-state index in [4.69, 9.17) is 10.8 Å². The van der Waals surface area contributed by atoms with Crippen LogP contribution in [0.4, 0.5) is 0 Å². The van der Waals surface area contributed by atoms with E-state index in [9.17, 15) is 10.5 Å². The summed E-state index contributed by atoms with van der Waals surface area (Å²) in [5.41, 5.74) is -0.573. The number of nitrogens with zero attached hydrogens (tertiary/aromatic N) is 2. The van der Waals surface area contributed by atoms with Gasteiger partial charge in [0, 0.05) is 5.41 Å². The molecule has 124 valence electrons. The summed E-state index contributed by atoms with van der Waals surface area (Å²) in [4.78, 5) is 0. The average Bonchev–Trinajstić information content (AvgIpc) is 2.70. The van der Waals surface area contributed by atoms with Crippen LogP contribution in [0.2, 0.25) is 0 Å². The van der Waals surface area contributed by atoms with Crippen molar-refractivity contribution < 1.29 is 0 Å². The van der Waals surface area contributed by atoms with E-state index in [2.05, 4.69) is 18.0 Å². The lowest BCUT2D eigenvalue weighted by Crippen LogP contribution is -2.49. The molecule has 0 bridgehead atoms. The van der Waals surface area contributed by atoms with Crippen LogP contribution in [0, 0.1) is 38.9 Å². The molecule has 0 radical (unpaired) electrons. The number of rotatable bonds is 2. The van der Waals surface area contributed by atoms with Gasteiger partial charge in [0.05, 0.1) is 23.4 Å². The molecule has 0 fully saturated rings. The second-order valence-electron chi connectivity index (χ2n) is 6.34. The number of benzene rings is 2. The normalized spacial score (nSPS) is 21.1. The third-order valence-corrected chi connectivity index (χ3v) is 5.03. The van der Waals surface area contributed by atoms with E-state index in [1.165, 1.54) is 0 Å². The van der Waals surface area contributed by atoms with Crippen LogP contribution in [-0.2, 0) is 5.41 Å². The summed E-state index contributed by atoms with van der Waals surface area (Å²) in [6.45, 7) is 1.80. The van der Waals surface area contributed by atoms with Crippen LogP contribution in [0.3, 0.4) is 0 Å². The van der Waals surface area contributed by atoms with Crippen LogP contribution >= 0.6 is 0 Å². The number of nitriles is 2. The van der Waals surface area contributed by atoms with Gasteiger partial charge in [0.25, 0.3) is 0 Å². The van der Waals surface area contributed by atoms with Crippen molar-refractivity contribution >= 4 is 17.2 Å². The van der Waals surface area contributed by atoms with Gasteiger partial charge in [-0.1, -0.05) is 66.7 Å². The standard InChI is InChI=1S/C22H16N4/c1-21(17-10-6-3-7-11-17)12-18(16-8-4-2-5-9-16)19(13-23)20(26)22(21,14-24)15-25/h2-12,23,26H,1H3. The van der Waals surface area contributed by atoms with Crippen molar-refractivity contribution in [3.05, 3.63) is 83.4 Å². The Balaban J connectivity index is 2.42. The van der Waals surface area contributed by atoms with Crippen molar-refractivity contribution in [2.45, 2.75) is 12.3 Å². The van der Waals surface area contributed by atoms with Gasteiger partial charge in [-0.2, -0.15) is 10.5 Å². The van der Waals surface area contributed by atoms with Crippen molar-refractivity contribution in [2.75, 3.05) is 0 Å². The molecule has 0 saturated heterocycles. The van der Waals surface area contributed by atoms with E-state index in [0.717, 1.165) is 11.1 Å². The topological polar surface area (TPSA) is 95.3 Å². The summed E-state index contributed by atoms with van der Waals surface area (Å²) in [6.07, 6.45) is 1.83. The second-order valence-corrected chi connectivity index (χ2v) is 6.34. The molecule has 0 aliphatic heterocycles. The third-order valence-electron chi connectivity index (χ3n) is 5.03. The maximum Gasteiger partial charge on any atom is 0.198 e. The van der Waals surface area contributed by atoms with Gasteiger partial charge in [0.1, 0.15) is 0 Å². The Bertz CT molecular complexity index is 1020. The van der Waals surface area contributed by atoms with E-state index < -0.39 is 10.8 Å². The molecule has 1 unspecified atom stereocenters. The first-order chi connectivity index (χ1) is 12.5. The summed E-state index contributed by atoms with van der Waals surface area (Å²) in [7, 11) is 0. The number of hydrogen-bond donors (Lipinski definition) is 2. The fraction of sp³-hybridized carbons (Fsp3) is 0.136. The van der Waals surface area contributed by atoms with Gasteiger partial charge in [-0.3, -0.25) is 5.41 Å². The average molecular weight is 336 g/mol. The van der Waals surface area contributed by atoms with Gasteiger partial charge in [-0.15, -0.1) is 0 Å². The van der Waals surface area contributed by atoms with Crippen LogP contribution in [0.15, 0.2) is 72.3 Å². The van der Waals surface area contributed by atoms with Gasteiger partial charge in [-0.25, -0.2) is 0 Å². The second kappa shape index (κ2) is 6.30. The highest BCUT2D eigenvalue weighted by Gasteiger charge is 2.57. The van der Waals surface area contributed by atoms with Crippen molar-refractivity contribution in [2.24, 2.45) is 5.41 Å². The van der Waals surface area contributed by atoms with E-state index in [0.29, 0.717) is 5.57 Å². The van der Waals surface area contributed by atoms with E-state index in [1.807, 2.05) is 66.7 Å². The number of nitrogens with one attached hydrogen (secondary N) is 2. The molecular formula is C22H16N4. The molecule has 0 aromatic heterocycles. The molecule has 0 saturated carbocycles. The van der Waals surface area contributed by atoms with Crippen LogP contribution in [-0.4, -0.2) is 11.6 Å². The quantitative estimate of drug-likeness (QED) is 0.801. The molecule has 1 aliphatic carbocycles. The molecule has 2 aromatic carbocycles. The molecule has 26 heavy (non-hydrogen) atoms. The molecule has 4 heteroatoms. The molecule has 2 N–H and O–H groups in total. The molecule has 0 amide bonds. The Labute approximate surface area is 152 Å². The molecular weight excluding hydrogens is 320 g/mol. The SMILES string of the molecule is CC1(c2ccccc2)C=C(c2ccccc2)C(=C=N)C(=N)C1(C#N)C#N. The molecule has 0 spiro atoms. The lowest BCUT2D eigenvalue weighted by atomic mass is 9.54. The minimum absolute atomic E-state index is 0.174. The lowest BCUT2D eigenvalue weighted by Gasteiger charge is -2.42. The summed E-state index contributed by atoms with van der Waals surface area (Å²) < 4.78 is 0. The molecule has 0 heterocycles. The first-order valence-electron chi connectivity index (χ1n) is 8.10. The Kier molecular flexibility index (Phi) is 4.15. The van der Waals surface area contributed by atoms with E-state index >= 15 is 0 Å². The Hall–Kier alpha value is -3.72. The number of hydrogen-bond acceptors (Lipinski definition) is 4. The highest BCUT2D eigenvalue weighted by molar-refractivity contribution is 6.24. The van der Waals surface area contributed by atoms with Crippen molar-refractivity contribution in [3.63, 3.8) is 0 Å². The highest BCUT2D eigenvalue weighted by Crippen LogP contribution is 2.51. The van der Waals surface area contributed by atoms with Crippen molar-refractivity contribution in [3.8, 4) is 12.1 Å². The predicted molar refractivity (Wildman–Crippen MR) is 101 cm³/mol. The Morgan fingerprint density at radius 2 is 1.42 bits per heavy atom. The lowest BCUT2D eigenvalue weighted by molar-refractivity contribution is 0.441. The van der Waals surface area contributed by atoms with Crippen molar-refractivity contribution in [1.82, 2.24) is 0 Å². The fourth-order valence-electron chi connectivity index (χ4n) is 3.48. The highest BCUT2D eigenvalue weighted by atomic mass is 14.6. The van der Waals surface area contributed by atoms with Crippen molar-refractivity contribution in [1.29, 1.82) is 21.3 Å². The first-order valence-corrected chi connectivity index (χ1v) is 8.10. The first kappa shape index (κ1) is 17.1. The Morgan fingerprint density at radius 1 is 0.885 bits per heavy atom. The van der Waals surface area contributed by atoms with Gasteiger partial charge >= 0.3 is 0 Å². The smallest absolute Gasteiger partial charge is 0.198 e. The zero-order valence-electron chi connectivity index (χ0n) is 14.2. The molecule has 4 nitrogen and oxygen atoms in total. The summed E-state index contributed by atoms with van der Waals surface area (Å²) in [5.74, 6) is 2.29. The van der Waals surface area contributed by atoms with Gasteiger partial charge in [-0.05, 0) is 29.5 Å². The third kappa shape index (κ3) is 2.22. The minimum atomic E-state index is -1.74. The largest absolute Gasteiger partial charge is 0.301 e. The molecule has 1 atom stereocenters. The molecule has 3 rings (SSSR count). The maximum absolute atomic E-state index is 9.93. The van der Waals surface area contributed by atoms with Gasteiger partial charge in [0.2, 0.25) is 0 Å². The summed E-state index contributed by atoms with van der Waals surface area (Å²) in [5, 5.41) is 36.2. The minimum Gasteiger partial charge on any atom is -0.301 e. The monoisotopic (exact) mass is 336 g/mol. The Morgan fingerprint density at radius 3 is 1.92 bits per heavy atom. The molecule has 1 aliphatic rings. The van der Waals surface area contributed by atoms with E-state index in [-0.39, 0.29) is 11.3 Å². The van der Waals surface area contributed by atoms with Gasteiger partial charge < -0.3 is 5.41 Å². The van der Waals surface area contributed by atoms with Crippen LogP contribution in [0.1, 0.15) is 18.1 Å².